The predicted octanol–water partition coefficient (Wildman–Crippen LogP) is 6.99. The van der Waals surface area contributed by atoms with E-state index >= 15 is 4.39 Å². The summed E-state index contributed by atoms with van der Waals surface area (Å²) in [5, 5.41) is 8.54. The largest absolute Gasteiger partial charge is 0.389 e. The molecule has 3 heteroatoms. The first-order valence-corrected chi connectivity index (χ1v) is 13.2. The number of aryl methyl sites for hydroxylation is 2. The number of benzene rings is 3. The second-order valence-corrected chi connectivity index (χ2v) is 9.33. The number of allylic oxidation sites excluding steroid dienone is 3. The van der Waals surface area contributed by atoms with Gasteiger partial charge in [0.25, 0.3) is 0 Å². The molecule has 0 saturated carbocycles. The third-order valence-corrected chi connectivity index (χ3v) is 6.68. The fraction of sp³-hybridized carbons (Fsp3) is 0.200. The summed E-state index contributed by atoms with van der Waals surface area (Å²) in [5.74, 6) is -0.253. The van der Waals surface area contributed by atoms with Crippen LogP contribution in [0.2, 0.25) is 0 Å². The number of nitrogens with one attached hydrogen (secondary N) is 2. The van der Waals surface area contributed by atoms with Crippen molar-refractivity contribution in [2.75, 3.05) is 11.9 Å². The zero-order chi connectivity index (χ0) is 27.5. The first-order chi connectivity index (χ1) is 18.4. The van der Waals surface area contributed by atoms with Crippen molar-refractivity contribution in [2.45, 2.75) is 40.0 Å². The molecule has 0 unspecified atom stereocenters. The average Bonchev–Trinajstić information content (AvgIpc) is 2.92. The third-order valence-electron chi connectivity index (χ3n) is 6.68. The van der Waals surface area contributed by atoms with E-state index in [1.165, 1.54) is 22.8 Å². The molecule has 3 rings (SSSR count). The van der Waals surface area contributed by atoms with E-state index < -0.39 is 0 Å². The highest BCUT2D eigenvalue weighted by Crippen LogP contribution is 2.20. The summed E-state index contributed by atoms with van der Waals surface area (Å²) < 4.78 is 15.3. The molecule has 0 aliphatic rings. The second-order valence-electron chi connectivity index (χ2n) is 9.33. The highest BCUT2D eigenvalue weighted by Gasteiger charge is 2.08. The first-order valence-electron chi connectivity index (χ1n) is 13.2. The van der Waals surface area contributed by atoms with Crippen LogP contribution in [0.3, 0.4) is 0 Å². The molecule has 196 valence electrons. The molecule has 38 heavy (non-hydrogen) atoms. The molecule has 0 aliphatic carbocycles. The summed E-state index contributed by atoms with van der Waals surface area (Å²) in [5.41, 5.74) is 8.03. The van der Waals surface area contributed by atoms with Crippen LogP contribution in [0.1, 0.15) is 41.7 Å². The first kappa shape index (κ1) is 28.5. The monoisotopic (exact) mass is 506 g/mol. The summed E-state index contributed by atoms with van der Waals surface area (Å²) >= 11 is 0. The van der Waals surface area contributed by atoms with Crippen LogP contribution in [0.5, 0.6) is 0 Å². The van der Waals surface area contributed by atoms with Crippen LogP contribution in [0.4, 0.5) is 10.1 Å². The highest BCUT2D eigenvalue weighted by atomic mass is 19.1. The van der Waals surface area contributed by atoms with E-state index in [1.54, 1.807) is 6.08 Å². The topological polar surface area (TPSA) is 24.1 Å². The van der Waals surface area contributed by atoms with Crippen molar-refractivity contribution in [3.05, 3.63) is 142 Å². The van der Waals surface area contributed by atoms with Crippen LogP contribution in [-0.4, -0.2) is 6.54 Å². The molecule has 0 atom stereocenters. The van der Waals surface area contributed by atoms with Crippen molar-refractivity contribution in [3.63, 3.8) is 0 Å². The predicted molar refractivity (Wildman–Crippen MR) is 164 cm³/mol. The standard InChI is InChI=1S/C35H39FN2/c1-7-13-30(34-22-28(9-3)27(8-2)20-26(34)6)21-31-16-17-33(23-35(31)36)38-32(10-4)24-37-19-18-29-15-12-11-14-25(29)5/h7-8,10-17,20,22-24,37-38H,2,4,6,9,18-19,21H2,1,3,5H3/b13-7-,32-24+,34-30+. The molecular formula is C35H39FN2. The summed E-state index contributed by atoms with van der Waals surface area (Å²) in [6.07, 6.45) is 11.8. The Labute approximate surface area is 227 Å². The van der Waals surface area contributed by atoms with Crippen molar-refractivity contribution in [2.24, 2.45) is 0 Å². The Hall–Kier alpha value is -4.11. The van der Waals surface area contributed by atoms with E-state index in [2.05, 4.69) is 80.6 Å². The maximum absolute atomic E-state index is 15.3. The molecule has 0 amide bonds. The van der Waals surface area contributed by atoms with Crippen LogP contribution in [-0.2, 0) is 19.3 Å². The molecule has 3 aromatic rings. The molecule has 0 saturated heterocycles. The van der Waals surface area contributed by atoms with E-state index in [0.717, 1.165) is 46.7 Å². The maximum atomic E-state index is 15.3. The summed E-state index contributed by atoms with van der Waals surface area (Å²) in [6, 6.07) is 17.9. The minimum Gasteiger partial charge on any atom is -0.389 e. The van der Waals surface area contributed by atoms with Gasteiger partial charge in [-0.1, -0.05) is 81.3 Å². The lowest BCUT2D eigenvalue weighted by molar-refractivity contribution is 0.616. The lowest BCUT2D eigenvalue weighted by Gasteiger charge is -2.12. The lowest BCUT2D eigenvalue weighted by Crippen LogP contribution is -2.27. The minimum absolute atomic E-state index is 0.253. The molecule has 2 nitrogen and oxygen atoms in total. The molecule has 0 aromatic heterocycles. The van der Waals surface area contributed by atoms with Crippen LogP contribution in [0.25, 0.3) is 18.2 Å². The number of hydrogen-bond donors (Lipinski definition) is 2. The molecule has 3 aromatic carbocycles. The average molecular weight is 507 g/mol. The molecule has 0 radical (unpaired) electrons. The van der Waals surface area contributed by atoms with Crippen LogP contribution in [0, 0.1) is 12.7 Å². The van der Waals surface area contributed by atoms with Crippen molar-refractivity contribution < 1.29 is 4.39 Å². The van der Waals surface area contributed by atoms with Gasteiger partial charge in [0.15, 0.2) is 0 Å². The van der Waals surface area contributed by atoms with Gasteiger partial charge in [0.2, 0.25) is 0 Å². The van der Waals surface area contributed by atoms with E-state index in [4.69, 9.17) is 0 Å². The van der Waals surface area contributed by atoms with Crippen molar-refractivity contribution >= 4 is 23.9 Å². The number of anilines is 1. The Kier molecular flexibility index (Phi) is 10.5. The number of hydrogen-bond acceptors (Lipinski definition) is 2. The third kappa shape index (κ3) is 7.45. The van der Waals surface area contributed by atoms with Crippen LogP contribution < -0.4 is 21.1 Å². The normalized spacial score (nSPS) is 12.4. The van der Waals surface area contributed by atoms with Gasteiger partial charge >= 0.3 is 0 Å². The van der Waals surface area contributed by atoms with Crippen LogP contribution in [0.15, 0.2) is 97.9 Å². The van der Waals surface area contributed by atoms with Gasteiger partial charge in [0, 0.05) is 24.9 Å². The summed E-state index contributed by atoms with van der Waals surface area (Å²) in [6.45, 7) is 19.1. The second kappa shape index (κ2) is 14.0. The van der Waals surface area contributed by atoms with E-state index in [1.807, 2.05) is 43.5 Å². The van der Waals surface area contributed by atoms with E-state index in [0.29, 0.717) is 17.7 Å². The Morgan fingerprint density at radius 2 is 1.79 bits per heavy atom. The SMILES string of the molecule is C=C/C(=C\NCCc1ccccc1C)Nc1ccc(CC(/C=C\C)=c2\cc(CC)c(C=C)cc2=C)c(F)c1. The molecule has 0 spiro atoms. The lowest BCUT2D eigenvalue weighted by atomic mass is 9.96. The van der Waals surface area contributed by atoms with Gasteiger partial charge in [-0.15, -0.1) is 0 Å². The number of rotatable bonds is 12. The zero-order valence-electron chi connectivity index (χ0n) is 22.9. The van der Waals surface area contributed by atoms with Gasteiger partial charge < -0.3 is 10.6 Å². The Bertz CT molecular complexity index is 1460. The van der Waals surface area contributed by atoms with Gasteiger partial charge in [-0.2, -0.15) is 0 Å². The molecule has 0 heterocycles. The van der Waals surface area contributed by atoms with Crippen molar-refractivity contribution in [1.82, 2.24) is 5.32 Å². The van der Waals surface area contributed by atoms with Gasteiger partial charge in [-0.05, 0) is 94.8 Å². The van der Waals surface area contributed by atoms with Crippen molar-refractivity contribution in [3.8, 4) is 0 Å². The highest BCUT2D eigenvalue weighted by molar-refractivity contribution is 5.63. The molecular weight excluding hydrogens is 467 g/mol. The Morgan fingerprint density at radius 1 is 1.00 bits per heavy atom. The quantitative estimate of drug-likeness (QED) is 0.204. The Balaban J connectivity index is 1.77. The molecule has 0 fully saturated rings. The minimum atomic E-state index is -0.253. The van der Waals surface area contributed by atoms with Gasteiger partial charge in [0.1, 0.15) is 5.82 Å². The van der Waals surface area contributed by atoms with Crippen molar-refractivity contribution in [1.29, 1.82) is 0 Å². The molecule has 2 N–H and O–H groups in total. The van der Waals surface area contributed by atoms with Gasteiger partial charge in [-0.3, -0.25) is 0 Å². The fourth-order valence-electron chi connectivity index (χ4n) is 4.51. The van der Waals surface area contributed by atoms with Crippen LogP contribution >= 0.6 is 0 Å². The number of halogens is 1. The van der Waals surface area contributed by atoms with E-state index in [9.17, 15) is 0 Å². The summed E-state index contributed by atoms with van der Waals surface area (Å²) in [4.78, 5) is 0. The Morgan fingerprint density at radius 3 is 2.45 bits per heavy atom. The molecule has 0 bridgehead atoms. The fourth-order valence-corrected chi connectivity index (χ4v) is 4.51. The zero-order valence-corrected chi connectivity index (χ0v) is 22.9. The summed E-state index contributed by atoms with van der Waals surface area (Å²) in [7, 11) is 0. The maximum Gasteiger partial charge on any atom is 0.128 e. The van der Waals surface area contributed by atoms with Gasteiger partial charge in [0.05, 0.1) is 5.70 Å². The van der Waals surface area contributed by atoms with E-state index in [-0.39, 0.29) is 5.82 Å². The van der Waals surface area contributed by atoms with Gasteiger partial charge in [-0.25, -0.2) is 4.39 Å². The molecule has 0 aliphatic heterocycles. The smallest absolute Gasteiger partial charge is 0.128 e.